The first-order valence-electron chi connectivity index (χ1n) is 3.32. The van der Waals surface area contributed by atoms with Crippen LogP contribution in [0.5, 0.6) is 0 Å². The van der Waals surface area contributed by atoms with Crippen LogP contribution in [0.3, 0.4) is 0 Å². The van der Waals surface area contributed by atoms with Gasteiger partial charge in [0, 0.05) is 0 Å². The Morgan fingerprint density at radius 2 is 2.21 bits per heavy atom. The Kier molecular flexibility index (Phi) is 2.80. The van der Waals surface area contributed by atoms with Crippen molar-refractivity contribution in [2.45, 2.75) is 6.43 Å². The molecule has 1 heterocycles. The first-order chi connectivity index (χ1) is 6.43. The van der Waals surface area contributed by atoms with Crippen LogP contribution < -0.4 is 5.73 Å². The first kappa shape index (κ1) is 10.6. The SMILES string of the molecule is Nc1nc(Cl)cc([N+](=O)[O-])c1C(F)F. The molecule has 0 bridgehead atoms. The summed E-state index contributed by atoms with van der Waals surface area (Å²) in [5.74, 6) is -0.626. The minimum atomic E-state index is -3.06. The summed E-state index contributed by atoms with van der Waals surface area (Å²) in [6.07, 6.45) is -3.06. The Hall–Kier alpha value is -1.50. The summed E-state index contributed by atoms with van der Waals surface area (Å²) in [7, 11) is 0. The van der Waals surface area contributed by atoms with E-state index in [-0.39, 0.29) is 5.15 Å². The summed E-state index contributed by atoms with van der Waals surface area (Å²) in [5, 5.41) is 10.1. The molecule has 76 valence electrons. The van der Waals surface area contributed by atoms with E-state index < -0.39 is 28.4 Å². The average molecular weight is 224 g/mol. The lowest BCUT2D eigenvalue weighted by Gasteiger charge is -2.04. The van der Waals surface area contributed by atoms with Gasteiger partial charge >= 0.3 is 0 Å². The molecule has 5 nitrogen and oxygen atoms in total. The summed E-state index contributed by atoms with van der Waals surface area (Å²) >= 11 is 5.33. The number of nitrogens with zero attached hydrogens (tertiary/aromatic N) is 2. The Morgan fingerprint density at radius 3 is 2.64 bits per heavy atom. The van der Waals surface area contributed by atoms with Crippen molar-refractivity contribution in [3.05, 3.63) is 26.9 Å². The summed E-state index contributed by atoms with van der Waals surface area (Å²) in [6, 6.07) is 0.736. The van der Waals surface area contributed by atoms with Crippen molar-refractivity contribution < 1.29 is 13.7 Å². The monoisotopic (exact) mass is 223 g/mol. The zero-order chi connectivity index (χ0) is 10.9. The third-order valence-electron chi connectivity index (χ3n) is 1.45. The molecule has 0 aliphatic rings. The molecule has 0 aliphatic carbocycles. The van der Waals surface area contributed by atoms with Gasteiger partial charge in [-0.25, -0.2) is 13.8 Å². The van der Waals surface area contributed by atoms with E-state index in [1.165, 1.54) is 0 Å². The number of hydrogen-bond acceptors (Lipinski definition) is 4. The van der Waals surface area contributed by atoms with Gasteiger partial charge in [0.25, 0.3) is 12.1 Å². The third-order valence-corrected chi connectivity index (χ3v) is 1.64. The van der Waals surface area contributed by atoms with E-state index in [0.29, 0.717) is 0 Å². The Bertz CT molecular complexity index is 386. The Balaban J connectivity index is 3.44. The van der Waals surface area contributed by atoms with Gasteiger partial charge in [0.2, 0.25) is 0 Å². The molecule has 0 fully saturated rings. The lowest BCUT2D eigenvalue weighted by atomic mass is 10.2. The first-order valence-corrected chi connectivity index (χ1v) is 3.69. The van der Waals surface area contributed by atoms with E-state index in [4.69, 9.17) is 17.3 Å². The predicted molar refractivity (Wildman–Crippen MR) is 45.3 cm³/mol. The van der Waals surface area contributed by atoms with Crippen molar-refractivity contribution in [2.24, 2.45) is 0 Å². The highest BCUT2D eigenvalue weighted by Gasteiger charge is 2.26. The quantitative estimate of drug-likeness (QED) is 0.473. The van der Waals surface area contributed by atoms with E-state index in [2.05, 4.69) is 4.98 Å². The second-order valence-corrected chi connectivity index (χ2v) is 2.71. The van der Waals surface area contributed by atoms with Gasteiger partial charge < -0.3 is 5.73 Å². The Labute approximate surface area is 81.6 Å². The fraction of sp³-hybridized carbons (Fsp3) is 0.167. The molecule has 1 aromatic heterocycles. The number of hydrogen-bond donors (Lipinski definition) is 1. The lowest BCUT2D eigenvalue weighted by Crippen LogP contribution is -2.03. The number of pyridine rings is 1. The van der Waals surface area contributed by atoms with Crippen LogP contribution in [-0.2, 0) is 0 Å². The number of rotatable bonds is 2. The molecule has 1 rings (SSSR count). The largest absolute Gasteiger partial charge is 0.383 e. The van der Waals surface area contributed by atoms with Gasteiger partial charge in [-0.3, -0.25) is 10.1 Å². The van der Waals surface area contributed by atoms with Gasteiger partial charge in [0.15, 0.2) is 0 Å². The smallest absolute Gasteiger partial charge is 0.285 e. The molecular weight excluding hydrogens is 220 g/mol. The highest BCUT2D eigenvalue weighted by atomic mass is 35.5. The number of nitro groups is 1. The zero-order valence-electron chi connectivity index (χ0n) is 6.58. The number of nitrogens with two attached hydrogens (primary N) is 1. The second-order valence-electron chi connectivity index (χ2n) is 2.32. The predicted octanol–water partition coefficient (Wildman–Crippen LogP) is 2.16. The zero-order valence-corrected chi connectivity index (χ0v) is 7.33. The summed E-state index contributed by atoms with van der Waals surface area (Å²) in [5.41, 5.74) is 3.36. The van der Waals surface area contributed by atoms with Gasteiger partial charge in [0.1, 0.15) is 16.5 Å². The fourth-order valence-corrected chi connectivity index (χ4v) is 1.10. The normalized spacial score (nSPS) is 10.6. The minimum absolute atomic E-state index is 0.293. The van der Waals surface area contributed by atoms with Crippen molar-refractivity contribution in [2.75, 3.05) is 5.73 Å². The van der Waals surface area contributed by atoms with Gasteiger partial charge in [0.05, 0.1) is 11.0 Å². The maximum Gasteiger partial charge on any atom is 0.285 e. The van der Waals surface area contributed by atoms with Gasteiger partial charge in [-0.2, -0.15) is 0 Å². The summed E-state index contributed by atoms with van der Waals surface area (Å²) < 4.78 is 24.6. The van der Waals surface area contributed by atoms with Crippen molar-refractivity contribution in [3.8, 4) is 0 Å². The molecule has 0 aromatic carbocycles. The van der Waals surface area contributed by atoms with Crippen molar-refractivity contribution in [1.29, 1.82) is 0 Å². The molecule has 0 saturated carbocycles. The molecule has 0 atom stereocenters. The van der Waals surface area contributed by atoms with E-state index in [1.807, 2.05) is 0 Å². The third kappa shape index (κ3) is 1.87. The number of nitrogen functional groups attached to an aromatic ring is 1. The molecule has 0 unspecified atom stereocenters. The molecule has 0 spiro atoms. The molecular formula is C6H4ClF2N3O2. The van der Waals surface area contributed by atoms with Gasteiger partial charge in [-0.05, 0) is 0 Å². The summed E-state index contributed by atoms with van der Waals surface area (Å²) in [4.78, 5) is 12.7. The van der Waals surface area contributed by atoms with E-state index in [1.54, 1.807) is 0 Å². The number of alkyl halides is 2. The molecule has 1 aromatic rings. The second kappa shape index (κ2) is 3.70. The van der Waals surface area contributed by atoms with Crippen LogP contribution in [0.1, 0.15) is 12.0 Å². The lowest BCUT2D eigenvalue weighted by molar-refractivity contribution is -0.386. The molecule has 14 heavy (non-hydrogen) atoms. The number of aromatic nitrogens is 1. The highest BCUT2D eigenvalue weighted by Crippen LogP contribution is 2.34. The highest BCUT2D eigenvalue weighted by molar-refractivity contribution is 6.29. The molecule has 8 heteroatoms. The van der Waals surface area contributed by atoms with Crippen LogP contribution in [0.2, 0.25) is 5.15 Å². The van der Waals surface area contributed by atoms with Crippen LogP contribution in [0.15, 0.2) is 6.07 Å². The molecule has 0 radical (unpaired) electrons. The number of halogens is 3. The molecule has 2 N–H and O–H groups in total. The van der Waals surface area contributed by atoms with E-state index in [0.717, 1.165) is 6.07 Å². The maximum absolute atomic E-state index is 12.3. The summed E-state index contributed by atoms with van der Waals surface area (Å²) in [6.45, 7) is 0. The van der Waals surface area contributed by atoms with Crippen LogP contribution in [0, 0.1) is 10.1 Å². The van der Waals surface area contributed by atoms with Crippen LogP contribution in [-0.4, -0.2) is 9.91 Å². The minimum Gasteiger partial charge on any atom is -0.383 e. The molecule has 0 amide bonds. The standard InChI is InChI=1S/C6H4ClF2N3O2/c7-3-1-2(12(13)14)4(5(8)9)6(10)11-3/h1,5H,(H2,10,11). The Morgan fingerprint density at radius 1 is 1.64 bits per heavy atom. The van der Waals surface area contributed by atoms with Crippen molar-refractivity contribution in [1.82, 2.24) is 4.98 Å². The van der Waals surface area contributed by atoms with Gasteiger partial charge in [-0.15, -0.1) is 0 Å². The maximum atomic E-state index is 12.3. The van der Waals surface area contributed by atoms with E-state index in [9.17, 15) is 18.9 Å². The molecule has 0 aliphatic heterocycles. The topological polar surface area (TPSA) is 82.0 Å². The van der Waals surface area contributed by atoms with Crippen LogP contribution in [0.25, 0.3) is 0 Å². The van der Waals surface area contributed by atoms with Gasteiger partial charge in [-0.1, -0.05) is 11.6 Å². The van der Waals surface area contributed by atoms with Crippen LogP contribution >= 0.6 is 11.6 Å². The van der Waals surface area contributed by atoms with Crippen molar-refractivity contribution >= 4 is 23.1 Å². The fourth-order valence-electron chi connectivity index (χ4n) is 0.904. The van der Waals surface area contributed by atoms with Crippen molar-refractivity contribution in [3.63, 3.8) is 0 Å². The van der Waals surface area contributed by atoms with Crippen LogP contribution in [0.4, 0.5) is 20.3 Å². The number of anilines is 1. The molecule has 0 saturated heterocycles. The average Bonchev–Trinajstić information content (AvgIpc) is 2.01. The van der Waals surface area contributed by atoms with E-state index >= 15 is 0 Å².